The SMILES string of the molecule is CC(C)Oc1ccccc1NC(=O)c1ccc(NCc2ccccc2)nc1. The number of anilines is 2. The molecule has 0 saturated heterocycles. The van der Waals surface area contributed by atoms with Gasteiger partial charge in [-0.15, -0.1) is 0 Å². The Kier molecular flexibility index (Phi) is 6.05. The summed E-state index contributed by atoms with van der Waals surface area (Å²) in [6, 6.07) is 21.0. The lowest BCUT2D eigenvalue weighted by molar-refractivity contribution is 0.102. The number of carbonyl (C=O) groups excluding carboxylic acids is 1. The molecule has 5 heteroatoms. The number of ether oxygens (including phenoxy) is 1. The van der Waals surface area contributed by atoms with E-state index in [9.17, 15) is 4.79 Å². The molecule has 1 heterocycles. The summed E-state index contributed by atoms with van der Waals surface area (Å²) < 4.78 is 5.73. The van der Waals surface area contributed by atoms with E-state index in [1.54, 1.807) is 18.3 Å². The summed E-state index contributed by atoms with van der Waals surface area (Å²) in [5.74, 6) is 1.14. The third-order valence-electron chi connectivity index (χ3n) is 3.84. The molecule has 2 aromatic carbocycles. The number of aromatic nitrogens is 1. The first-order valence-corrected chi connectivity index (χ1v) is 8.92. The second kappa shape index (κ2) is 8.85. The van der Waals surface area contributed by atoms with Gasteiger partial charge in [-0.25, -0.2) is 4.98 Å². The summed E-state index contributed by atoms with van der Waals surface area (Å²) in [6.45, 7) is 4.58. The lowest BCUT2D eigenvalue weighted by Crippen LogP contribution is -2.15. The fraction of sp³-hybridized carbons (Fsp3) is 0.182. The van der Waals surface area contributed by atoms with E-state index in [0.717, 1.165) is 5.82 Å². The first-order chi connectivity index (χ1) is 13.1. The number of rotatable bonds is 7. The van der Waals surface area contributed by atoms with E-state index < -0.39 is 0 Å². The van der Waals surface area contributed by atoms with E-state index in [4.69, 9.17) is 4.74 Å². The van der Waals surface area contributed by atoms with Crippen molar-refractivity contribution in [3.05, 3.63) is 84.1 Å². The van der Waals surface area contributed by atoms with Crippen LogP contribution >= 0.6 is 0 Å². The summed E-state index contributed by atoms with van der Waals surface area (Å²) in [6.07, 6.45) is 1.59. The Morgan fingerprint density at radius 1 is 1.00 bits per heavy atom. The van der Waals surface area contributed by atoms with Crippen LogP contribution in [0.2, 0.25) is 0 Å². The lowest BCUT2D eigenvalue weighted by atomic mass is 10.2. The summed E-state index contributed by atoms with van der Waals surface area (Å²) in [4.78, 5) is 16.8. The van der Waals surface area contributed by atoms with Crippen LogP contribution in [0.1, 0.15) is 29.8 Å². The molecule has 2 N–H and O–H groups in total. The predicted octanol–water partition coefficient (Wildman–Crippen LogP) is 4.73. The smallest absolute Gasteiger partial charge is 0.257 e. The Morgan fingerprint density at radius 2 is 1.74 bits per heavy atom. The molecule has 1 amide bonds. The van der Waals surface area contributed by atoms with Crippen molar-refractivity contribution < 1.29 is 9.53 Å². The van der Waals surface area contributed by atoms with Crippen LogP contribution in [0.5, 0.6) is 5.75 Å². The van der Waals surface area contributed by atoms with Crippen molar-refractivity contribution >= 4 is 17.4 Å². The molecule has 1 aromatic heterocycles. The number of nitrogens with one attached hydrogen (secondary N) is 2. The Bertz CT molecular complexity index is 878. The minimum atomic E-state index is -0.225. The third-order valence-corrected chi connectivity index (χ3v) is 3.84. The zero-order chi connectivity index (χ0) is 19.1. The molecule has 0 fully saturated rings. The number of benzene rings is 2. The maximum atomic E-state index is 12.5. The van der Waals surface area contributed by atoms with Crippen molar-refractivity contribution in [2.45, 2.75) is 26.5 Å². The number of nitrogens with zero attached hydrogens (tertiary/aromatic N) is 1. The van der Waals surface area contributed by atoms with Gasteiger partial charge in [0.15, 0.2) is 0 Å². The first-order valence-electron chi connectivity index (χ1n) is 8.92. The summed E-state index contributed by atoms with van der Waals surface area (Å²) in [5, 5.41) is 6.13. The second-order valence-corrected chi connectivity index (χ2v) is 6.39. The molecule has 0 unspecified atom stereocenters. The molecule has 3 rings (SSSR count). The van der Waals surface area contributed by atoms with Gasteiger partial charge in [0.25, 0.3) is 5.91 Å². The van der Waals surface area contributed by atoms with E-state index in [1.807, 2.05) is 68.4 Å². The molecule has 0 aliphatic rings. The van der Waals surface area contributed by atoms with Crippen molar-refractivity contribution in [1.29, 1.82) is 0 Å². The molecule has 0 aliphatic heterocycles. The molecule has 3 aromatic rings. The highest BCUT2D eigenvalue weighted by Crippen LogP contribution is 2.25. The average molecular weight is 361 g/mol. The van der Waals surface area contributed by atoms with Crippen LogP contribution in [0.3, 0.4) is 0 Å². The topological polar surface area (TPSA) is 63.2 Å². The predicted molar refractivity (Wildman–Crippen MR) is 108 cm³/mol. The zero-order valence-corrected chi connectivity index (χ0v) is 15.5. The van der Waals surface area contributed by atoms with Crippen LogP contribution in [-0.4, -0.2) is 17.0 Å². The van der Waals surface area contributed by atoms with Gasteiger partial charge in [-0.1, -0.05) is 42.5 Å². The highest BCUT2D eigenvalue weighted by Gasteiger charge is 2.11. The Hall–Kier alpha value is -3.34. The van der Waals surface area contributed by atoms with Crippen molar-refractivity contribution in [1.82, 2.24) is 4.98 Å². The van der Waals surface area contributed by atoms with Crippen molar-refractivity contribution in [3.63, 3.8) is 0 Å². The van der Waals surface area contributed by atoms with Gasteiger partial charge in [-0.05, 0) is 43.7 Å². The summed E-state index contributed by atoms with van der Waals surface area (Å²) in [5.41, 5.74) is 2.30. The number of para-hydroxylation sites is 2. The number of amides is 1. The Morgan fingerprint density at radius 3 is 2.44 bits per heavy atom. The highest BCUT2D eigenvalue weighted by atomic mass is 16.5. The minimum absolute atomic E-state index is 0.0275. The van der Waals surface area contributed by atoms with Gasteiger partial charge in [0.05, 0.1) is 17.4 Å². The van der Waals surface area contributed by atoms with Crippen LogP contribution in [0.25, 0.3) is 0 Å². The van der Waals surface area contributed by atoms with E-state index in [1.165, 1.54) is 5.56 Å². The minimum Gasteiger partial charge on any atom is -0.489 e. The molecule has 138 valence electrons. The van der Waals surface area contributed by atoms with Gasteiger partial charge in [0, 0.05) is 12.7 Å². The zero-order valence-electron chi connectivity index (χ0n) is 15.5. The first kappa shape index (κ1) is 18.5. The summed E-state index contributed by atoms with van der Waals surface area (Å²) in [7, 11) is 0. The van der Waals surface area contributed by atoms with E-state index in [2.05, 4.69) is 15.6 Å². The van der Waals surface area contributed by atoms with Gasteiger partial charge in [-0.3, -0.25) is 4.79 Å². The number of carbonyl (C=O) groups is 1. The van der Waals surface area contributed by atoms with Crippen molar-refractivity contribution in [3.8, 4) is 5.75 Å². The largest absolute Gasteiger partial charge is 0.489 e. The van der Waals surface area contributed by atoms with Crippen LogP contribution in [0.15, 0.2) is 72.9 Å². The molecule has 0 saturated carbocycles. The Labute approximate surface area is 159 Å². The van der Waals surface area contributed by atoms with Crippen LogP contribution in [0.4, 0.5) is 11.5 Å². The molecule has 27 heavy (non-hydrogen) atoms. The van der Waals surface area contributed by atoms with Gasteiger partial charge < -0.3 is 15.4 Å². The molecule has 0 spiro atoms. The third kappa shape index (κ3) is 5.31. The van der Waals surface area contributed by atoms with Crippen LogP contribution in [0, 0.1) is 0 Å². The highest BCUT2D eigenvalue weighted by molar-refractivity contribution is 6.04. The molecule has 0 bridgehead atoms. The molecule has 0 radical (unpaired) electrons. The lowest BCUT2D eigenvalue weighted by Gasteiger charge is -2.14. The van der Waals surface area contributed by atoms with Crippen LogP contribution < -0.4 is 15.4 Å². The molecular formula is C22H23N3O2. The maximum Gasteiger partial charge on any atom is 0.257 e. The van der Waals surface area contributed by atoms with Gasteiger partial charge in [0.1, 0.15) is 11.6 Å². The number of hydrogen-bond donors (Lipinski definition) is 2. The van der Waals surface area contributed by atoms with Crippen molar-refractivity contribution in [2.75, 3.05) is 10.6 Å². The molecular weight excluding hydrogens is 338 g/mol. The van der Waals surface area contributed by atoms with E-state index in [0.29, 0.717) is 23.5 Å². The molecule has 5 nitrogen and oxygen atoms in total. The summed E-state index contributed by atoms with van der Waals surface area (Å²) >= 11 is 0. The van der Waals surface area contributed by atoms with Gasteiger partial charge in [-0.2, -0.15) is 0 Å². The van der Waals surface area contributed by atoms with E-state index in [-0.39, 0.29) is 12.0 Å². The molecule has 0 aliphatic carbocycles. The second-order valence-electron chi connectivity index (χ2n) is 6.39. The fourth-order valence-electron chi connectivity index (χ4n) is 2.54. The monoisotopic (exact) mass is 361 g/mol. The van der Waals surface area contributed by atoms with E-state index >= 15 is 0 Å². The van der Waals surface area contributed by atoms with Crippen molar-refractivity contribution in [2.24, 2.45) is 0 Å². The quantitative estimate of drug-likeness (QED) is 0.638. The number of hydrogen-bond acceptors (Lipinski definition) is 4. The molecule has 0 atom stereocenters. The van der Waals surface area contributed by atoms with Gasteiger partial charge in [0.2, 0.25) is 0 Å². The number of pyridine rings is 1. The fourth-order valence-corrected chi connectivity index (χ4v) is 2.54. The Balaban J connectivity index is 1.62. The van der Waals surface area contributed by atoms with Gasteiger partial charge >= 0.3 is 0 Å². The average Bonchev–Trinajstić information content (AvgIpc) is 2.69. The normalized spacial score (nSPS) is 10.5. The maximum absolute atomic E-state index is 12.5. The standard InChI is InChI=1S/C22H23N3O2/c1-16(2)27-20-11-7-6-10-19(20)25-22(26)18-12-13-21(24-15-18)23-14-17-8-4-3-5-9-17/h3-13,15-16H,14H2,1-2H3,(H,23,24)(H,25,26). The van der Waals surface area contributed by atoms with Crippen LogP contribution in [-0.2, 0) is 6.54 Å².